The number of imide groups is 1. The number of carbonyl (C=O) groups excluding carboxylic acids is 4. The number of anilines is 2. The van der Waals surface area contributed by atoms with Gasteiger partial charge in [-0.05, 0) is 36.4 Å². The van der Waals surface area contributed by atoms with Gasteiger partial charge in [-0.3, -0.25) is 24.5 Å². The Kier molecular flexibility index (Phi) is 5.64. The Hall–Kier alpha value is -4.86. The molecule has 0 fully saturated rings. The number of hydrogen-bond acceptors (Lipinski definition) is 7. The highest BCUT2D eigenvalue weighted by Crippen LogP contribution is 2.29. The number of fused-ring (bicyclic) bond motifs is 1. The first-order chi connectivity index (χ1) is 15.9. The number of nitrogens with zero attached hydrogens (tertiary/aromatic N) is 2. The van der Waals surface area contributed by atoms with Crippen LogP contribution in [0.1, 0.15) is 31.1 Å². The fourth-order valence-electron chi connectivity index (χ4n) is 3.33. The van der Waals surface area contributed by atoms with Crippen molar-refractivity contribution in [2.24, 2.45) is 0 Å². The molecule has 33 heavy (non-hydrogen) atoms. The number of ether oxygens (including phenoxy) is 1. The van der Waals surface area contributed by atoms with E-state index < -0.39 is 35.2 Å². The number of nitro benzene ring substituents is 1. The van der Waals surface area contributed by atoms with Crippen molar-refractivity contribution in [1.29, 1.82) is 0 Å². The van der Waals surface area contributed by atoms with Gasteiger partial charge in [-0.1, -0.05) is 30.3 Å². The number of rotatable bonds is 6. The van der Waals surface area contributed by atoms with E-state index in [9.17, 15) is 29.3 Å². The fourth-order valence-corrected chi connectivity index (χ4v) is 3.33. The maximum absolute atomic E-state index is 12.6. The molecular formula is C23H15N3O7. The lowest BCUT2D eigenvalue weighted by atomic mass is 10.1. The van der Waals surface area contributed by atoms with Crippen molar-refractivity contribution in [2.45, 2.75) is 0 Å². The third-order valence-corrected chi connectivity index (χ3v) is 4.84. The van der Waals surface area contributed by atoms with Crippen molar-refractivity contribution in [3.05, 3.63) is 99.6 Å². The Balaban J connectivity index is 1.44. The standard InChI is InChI=1S/C23H15N3O7/c27-20(24-18-10-3-4-11-19(18)26(31)32)13-33-23(30)14-6-5-7-15(12-14)25-21(28)16-8-1-2-9-17(16)22(25)29/h1-12H,13H2,(H,24,27). The van der Waals surface area contributed by atoms with E-state index in [4.69, 9.17) is 4.74 Å². The number of carbonyl (C=O) groups is 4. The number of nitrogens with one attached hydrogen (secondary N) is 1. The van der Waals surface area contributed by atoms with E-state index in [-0.39, 0.29) is 33.8 Å². The van der Waals surface area contributed by atoms with Crippen LogP contribution in [0.5, 0.6) is 0 Å². The first-order valence-corrected chi connectivity index (χ1v) is 9.65. The molecule has 10 heteroatoms. The molecule has 0 bridgehead atoms. The minimum absolute atomic E-state index is 0.0162. The molecule has 10 nitrogen and oxygen atoms in total. The van der Waals surface area contributed by atoms with Gasteiger partial charge in [-0.25, -0.2) is 9.69 Å². The van der Waals surface area contributed by atoms with E-state index in [2.05, 4.69) is 5.32 Å². The molecule has 0 aliphatic carbocycles. The van der Waals surface area contributed by atoms with Gasteiger partial charge in [-0.15, -0.1) is 0 Å². The van der Waals surface area contributed by atoms with Crippen LogP contribution >= 0.6 is 0 Å². The topological polar surface area (TPSA) is 136 Å². The summed E-state index contributed by atoms with van der Waals surface area (Å²) in [6.07, 6.45) is 0. The van der Waals surface area contributed by atoms with Crippen molar-refractivity contribution >= 4 is 40.8 Å². The number of hydrogen-bond donors (Lipinski definition) is 1. The van der Waals surface area contributed by atoms with Gasteiger partial charge in [0.05, 0.1) is 27.3 Å². The van der Waals surface area contributed by atoms with Crippen LogP contribution < -0.4 is 10.2 Å². The quantitative estimate of drug-likeness (QED) is 0.266. The predicted molar refractivity (Wildman–Crippen MR) is 116 cm³/mol. The monoisotopic (exact) mass is 445 g/mol. The maximum Gasteiger partial charge on any atom is 0.338 e. The van der Waals surface area contributed by atoms with Gasteiger partial charge in [0, 0.05) is 6.07 Å². The van der Waals surface area contributed by atoms with Crippen LogP contribution in [0.25, 0.3) is 0 Å². The molecule has 0 aromatic heterocycles. The Morgan fingerprint density at radius 1 is 0.909 bits per heavy atom. The van der Waals surface area contributed by atoms with Gasteiger partial charge >= 0.3 is 5.97 Å². The molecule has 3 aromatic carbocycles. The van der Waals surface area contributed by atoms with E-state index in [1.54, 1.807) is 24.3 Å². The van der Waals surface area contributed by atoms with Gasteiger partial charge in [0.2, 0.25) is 0 Å². The minimum Gasteiger partial charge on any atom is -0.452 e. The van der Waals surface area contributed by atoms with Gasteiger partial charge in [0.25, 0.3) is 23.4 Å². The lowest BCUT2D eigenvalue weighted by Crippen LogP contribution is -2.29. The molecule has 3 amide bonds. The molecule has 0 saturated carbocycles. The first kappa shape index (κ1) is 21.4. The zero-order valence-electron chi connectivity index (χ0n) is 16.9. The summed E-state index contributed by atoms with van der Waals surface area (Å²) in [5.41, 5.74) is 0.397. The van der Waals surface area contributed by atoms with Crippen molar-refractivity contribution in [3.8, 4) is 0 Å². The summed E-state index contributed by atoms with van der Waals surface area (Å²) in [6.45, 7) is -0.692. The maximum atomic E-state index is 12.6. The molecule has 0 atom stereocenters. The Bertz CT molecular complexity index is 1280. The molecule has 164 valence electrons. The van der Waals surface area contributed by atoms with E-state index >= 15 is 0 Å². The molecule has 1 aliphatic heterocycles. The zero-order valence-corrected chi connectivity index (χ0v) is 16.9. The number of para-hydroxylation sites is 2. The highest BCUT2D eigenvalue weighted by Gasteiger charge is 2.36. The normalized spacial score (nSPS) is 12.3. The molecule has 0 radical (unpaired) electrons. The van der Waals surface area contributed by atoms with E-state index in [1.165, 1.54) is 48.5 Å². The SMILES string of the molecule is O=C(COC(=O)c1cccc(N2C(=O)c3ccccc3C2=O)c1)Nc1ccccc1[N+](=O)[O-]. The lowest BCUT2D eigenvalue weighted by molar-refractivity contribution is -0.383. The van der Waals surface area contributed by atoms with Gasteiger partial charge in [0.15, 0.2) is 6.61 Å². The number of esters is 1. The van der Waals surface area contributed by atoms with Crippen LogP contribution in [0.3, 0.4) is 0 Å². The summed E-state index contributed by atoms with van der Waals surface area (Å²) in [5.74, 6) is -2.66. The third-order valence-electron chi connectivity index (χ3n) is 4.84. The predicted octanol–water partition coefficient (Wildman–Crippen LogP) is 3.19. The van der Waals surface area contributed by atoms with Gasteiger partial charge < -0.3 is 10.1 Å². The highest BCUT2D eigenvalue weighted by atomic mass is 16.6. The summed E-state index contributed by atoms with van der Waals surface area (Å²) in [4.78, 5) is 61.2. The Morgan fingerprint density at radius 3 is 2.21 bits per heavy atom. The van der Waals surface area contributed by atoms with E-state index in [0.717, 1.165) is 4.90 Å². The van der Waals surface area contributed by atoms with E-state index in [1.807, 2.05) is 0 Å². The number of amides is 3. The zero-order chi connectivity index (χ0) is 23.5. The molecular weight excluding hydrogens is 430 g/mol. The minimum atomic E-state index is -0.869. The molecule has 0 spiro atoms. The lowest BCUT2D eigenvalue weighted by Gasteiger charge is -2.14. The van der Waals surface area contributed by atoms with Crippen molar-refractivity contribution in [2.75, 3.05) is 16.8 Å². The summed E-state index contributed by atoms with van der Waals surface area (Å²) < 4.78 is 4.99. The molecule has 1 aliphatic rings. The van der Waals surface area contributed by atoms with Crippen LogP contribution in [0.15, 0.2) is 72.8 Å². The van der Waals surface area contributed by atoms with Gasteiger partial charge in [0.1, 0.15) is 5.69 Å². The fraction of sp³-hybridized carbons (Fsp3) is 0.0435. The van der Waals surface area contributed by atoms with Crippen molar-refractivity contribution in [1.82, 2.24) is 0 Å². The van der Waals surface area contributed by atoms with Gasteiger partial charge in [-0.2, -0.15) is 0 Å². The molecule has 0 unspecified atom stereocenters. The second-order valence-electron chi connectivity index (χ2n) is 6.94. The summed E-state index contributed by atoms with van der Waals surface area (Å²) >= 11 is 0. The highest BCUT2D eigenvalue weighted by molar-refractivity contribution is 6.34. The summed E-state index contributed by atoms with van der Waals surface area (Å²) in [6, 6.07) is 17.6. The first-order valence-electron chi connectivity index (χ1n) is 9.65. The number of benzene rings is 3. The molecule has 1 N–H and O–H groups in total. The van der Waals surface area contributed by atoms with Crippen LogP contribution in [0, 0.1) is 10.1 Å². The third kappa shape index (κ3) is 4.17. The Morgan fingerprint density at radius 2 is 1.55 bits per heavy atom. The average molecular weight is 445 g/mol. The Labute approximate surface area is 186 Å². The van der Waals surface area contributed by atoms with Crippen LogP contribution in [0.2, 0.25) is 0 Å². The van der Waals surface area contributed by atoms with Crippen molar-refractivity contribution in [3.63, 3.8) is 0 Å². The van der Waals surface area contributed by atoms with Crippen LogP contribution in [-0.4, -0.2) is 35.2 Å². The van der Waals surface area contributed by atoms with Crippen LogP contribution in [0.4, 0.5) is 17.1 Å². The van der Waals surface area contributed by atoms with Crippen molar-refractivity contribution < 1.29 is 28.8 Å². The summed E-state index contributed by atoms with van der Waals surface area (Å²) in [7, 11) is 0. The average Bonchev–Trinajstić information content (AvgIpc) is 3.08. The number of nitro groups is 1. The second-order valence-corrected chi connectivity index (χ2v) is 6.94. The molecule has 1 heterocycles. The van der Waals surface area contributed by atoms with Crippen LogP contribution in [-0.2, 0) is 9.53 Å². The second kappa shape index (κ2) is 8.71. The van der Waals surface area contributed by atoms with E-state index in [0.29, 0.717) is 0 Å². The summed E-state index contributed by atoms with van der Waals surface area (Å²) in [5, 5.41) is 13.4. The largest absolute Gasteiger partial charge is 0.452 e. The molecule has 4 rings (SSSR count). The molecule has 0 saturated heterocycles. The smallest absolute Gasteiger partial charge is 0.338 e. The molecule has 3 aromatic rings.